The molecule has 0 atom stereocenters. The Labute approximate surface area is 253 Å². The SMILES string of the molecule is COc1cc(-c2nn(C3CCNCC3)c3ncnc(N)c23)ccc1NC(=O)c1cc2cc(OCc3ccccc3)ccc2[nH]1. The molecule has 1 fully saturated rings. The normalized spacial score (nSPS) is 13.8. The van der Waals surface area contributed by atoms with Gasteiger partial charge < -0.3 is 30.8 Å². The Morgan fingerprint density at radius 1 is 1.05 bits per heavy atom. The lowest BCUT2D eigenvalue weighted by atomic mass is 10.1. The summed E-state index contributed by atoms with van der Waals surface area (Å²) in [6, 6.07) is 23.3. The smallest absolute Gasteiger partial charge is 0.272 e. The molecular weight excluding hydrogens is 556 g/mol. The van der Waals surface area contributed by atoms with Crippen LogP contribution in [0.25, 0.3) is 33.2 Å². The Morgan fingerprint density at radius 2 is 1.89 bits per heavy atom. The summed E-state index contributed by atoms with van der Waals surface area (Å²) in [5.74, 6) is 1.29. The van der Waals surface area contributed by atoms with Crippen LogP contribution in [0.2, 0.25) is 0 Å². The van der Waals surface area contributed by atoms with Crippen LogP contribution in [0.3, 0.4) is 0 Å². The first-order valence-electron chi connectivity index (χ1n) is 14.6. The maximum atomic E-state index is 13.3. The Morgan fingerprint density at radius 3 is 2.70 bits per heavy atom. The van der Waals surface area contributed by atoms with Crippen LogP contribution in [0.5, 0.6) is 11.5 Å². The van der Waals surface area contributed by atoms with E-state index >= 15 is 0 Å². The standard InChI is InChI=1S/C33H32N8O3/c1-43-28-17-21(30-29-31(34)36-19-37-32(29)41(40-30)23-11-13-35-14-12-23)7-9-26(28)39-33(42)27-16-22-15-24(8-10-25(22)38-27)44-18-20-5-3-2-4-6-20/h2-10,15-17,19,23,35,38H,11-14,18H2,1H3,(H,39,42)(H2,34,36,37). The monoisotopic (exact) mass is 588 g/mol. The summed E-state index contributed by atoms with van der Waals surface area (Å²) in [7, 11) is 1.57. The van der Waals surface area contributed by atoms with Crippen molar-refractivity contribution < 1.29 is 14.3 Å². The van der Waals surface area contributed by atoms with E-state index in [4.69, 9.17) is 20.3 Å². The van der Waals surface area contributed by atoms with E-state index in [0.29, 0.717) is 46.3 Å². The molecular formula is C33H32N8O3. The van der Waals surface area contributed by atoms with Gasteiger partial charge in [0, 0.05) is 16.5 Å². The van der Waals surface area contributed by atoms with Gasteiger partial charge in [0.1, 0.15) is 41.6 Å². The molecule has 4 heterocycles. The highest BCUT2D eigenvalue weighted by Crippen LogP contribution is 2.37. The van der Waals surface area contributed by atoms with E-state index in [0.717, 1.165) is 53.7 Å². The summed E-state index contributed by atoms with van der Waals surface area (Å²) in [6.07, 6.45) is 3.37. The number of carbonyl (C=O) groups is 1. The topological polar surface area (TPSA) is 145 Å². The van der Waals surface area contributed by atoms with Gasteiger partial charge >= 0.3 is 0 Å². The number of fused-ring (bicyclic) bond motifs is 2. The molecule has 5 N–H and O–H groups in total. The van der Waals surface area contributed by atoms with Crippen LogP contribution in [0.15, 0.2) is 79.1 Å². The van der Waals surface area contributed by atoms with Crippen LogP contribution >= 0.6 is 0 Å². The summed E-state index contributed by atoms with van der Waals surface area (Å²) in [5.41, 5.74) is 11.4. The molecule has 1 amide bonds. The van der Waals surface area contributed by atoms with E-state index in [-0.39, 0.29) is 11.9 Å². The second kappa shape index (κ2) is 11.7. The number of anilines is 2. The summed E-state index contributed by atoms with van der Waals surface area (Å²) in [4.78, 5) is 25.3. The Hall–Kier alpha value is -5.42. The van der Waals surface area contributed by atoms with E-state index < -0.39 is 0 Å². The number of nitrogens with zero attached hydrogens (tertiary/aromatic N) is 4. The number of H-pyrrole nitrogens is 1. The van der Waals surface area contributed by atoms with Crippen LogP contribution in [0.4, 0.5) is 11.5 Å². The van der Waals surface area contributed by atoms with Crippen LogP contribution in [0, 0.1) is 0 Å². The molecule has 0 saturated carbocycles. The lowest BCUT2D eigenvalue weighted by Gasteiger charge is -2.23. The predicted octanol–water partition coefficient (Wildman–Crippen LogP) is 5.32. The maximum Gasteiger partial charge on any atom is 0.272 e. The summed E-state index contributed by atoms with van der Waals surface area (Å²) >= 11 is 0. The number of amides is 1. The van der Waals surface area contributed by atoms with Gasteiger partial charge in [0.25, 0.3) is 5.91 Å². The third-order valence-corrected chi connectivity index (χ3v) is 7.98. The minimum atomic E-state index is -0.294. The van der Waals surface area contributed by atoms with Crippen molar-refractivity contribution in [3.8, 4) is 22.8 Å². The zero-order chi connectivity index (χ0) is 30.0. The van der Waals surface area contributed by atoms with Crippen LogP contribution in [-0.4, -0.2) is 50.8 Å². The van der Waals surface area contributed by atoms with E-state index in [1.54, 1.807) is 13.2 Å². The molecule has 7 rings (SSSR count). The van der Waals surface area contributed by atoms with Crippen LogP contribution in [-0.2, 0) is 6.61 Å². The minimum Gasteiger partial charge on any atom is -0.495 e. The number of ether oxygens (including phenoxy) is 2. The number of aromatic nitrogens is 5. The predicted molar refractivity (Wildman–Crippen MR) is 170 cm³/mol. The van der Waals surface area contributed by atoms with Gasteiger partial charge in [-0.1, -0.05) is 36.4 Å². The number of hydrogen-bond acceptors (Lipinski definition) is 8. The van der Waals surface area contributed by atoms with Gasteiger partial charge in [-0.3, -0.25) is 4.79 Å². The second-order valence-corrected chi connectivity index (χ2v) is 10.8. The molecule has 0 radical (unpaired) electrons. The molecule has 0 spiro atoms. The number of carbonyl (C=O) groups excluding carboxylic acids is 1. The quantitative estimate of drug-likeness (QED) is 0.187. The lowest BCUT2D eigenvalue weighted by molar-refractivity contribution is 0.102. The first-order valence-corrected chi connectivity index (χ1v) is 14.6. The van der Waals surface area contributed by atoms with Crippen molar-refractivity contribution >= 4 is 39.3 Å². The number of methoxy groups -OCH3 is 1. The third-order valence-electron chi connectivity index (χ3n) is 7.98. The number of hydrogen-bond donors (Lipinski definition) is 4. The highest BCUT2D eigenvalue weighted by molar-refractivity contribution is 6.07. The number of nitrogens with one attached hydrogen (secondary N) is 3. The Kier molecular flexibility index (Phi) is 7.29. The van der Waals surface area contributed by atoms with E-state index in [2.05, 4.69) is 25.6 Å². The van der Waals surface area contributed by atoms with Gasteiger partial charge in [-0.15, -0.1) is 0 Å². The molecule has 0 bridgehead atoms. The van der Waals surface area contributed by atoms with Crippen molar-refractivity contribution in [3.05, 3.63) is 90.4 Å². The number of benzene rings is 3. The minimum absolute atomic E-state index is 0.213. The van der Waals surface area contributed by atoms with E-state index in [1.807, 2.05) is 71.4 Å². The molecule has 0 unspecified atom stereocenters. The first kappa shape index (κ1) is 27.4. The van der Waals surface area contributed by atoms with Crippen molar-refractivity contribution in [2.45, 2.75) is 25.5 Å². The number of nitrogens with two attached hydrogens (primary N) is 1. The molecule has 3 aromatic heterocycles. The first-order chi connectivity index (χ1) is 21.6. The molecule has 1 aliphatic heterocycles. The van der Waals surface area contributed by atoms with Gasteiger partial charge in [0.15, 0.2) is 5.65 Å². The van der Waals surface area contributed by atoms with Crippen molar-refractivity contribution in [1.29, 1.82) is 0 Å². The Bertz CT molecular complexity index is 1960. The molecule has 0 aliphatic carbocycles. The van der Waals surface area contributed by atoms with Crippen molar-refractivity contribution in [1.82, 2.24) is 30.0 Å². The number of aromatic amines is 1. The third kappa shape index (κ3) is 5.29. The van der Waals surface area contributed by atoms with Gasteiger partial charge in [0.2, 0.25) is 0 Å². The number of rotatable bonds is 8. The van der Waals surface area contributed by atoms with Gasteiger partial charge in [-0.05, 0) is 67.9 Å². The fourth-order valence-electron chi connectivity index (χ4n) is 5.70. The highest BCUT2D eigenvalue weighted by atomic mass is 16.5. The average Bonchev–Trinajstić information content (AvgIpc) is 3.68. The van der Waals surface area contributed by atoms with Gasteiger partial charge in [0.05, 0.1) is 24.2 Å². The van der Waals surface area contributed by atoms with Crippen molar-refractivity contribution in [2.75, 3.05) is 31.2 Å². The van der Waals surface area contributed by atoms with E-state index in [9.17, 15) is 4.79 Å². The number of piperidine rings is 1. The fraction of sp³-hybridized carbons (Fsp3) is 0.212. The largest absolute Gasteiger partial charge is 0.495 e. The molecule has 1 aliphatic rings. The fourth-order valence-corrected chi connectivity index (χ4v) is 5.70. The number of nitrogen functional groups attached to an aromatic ring is 1. The molecule has 222 valence electrons. The highest BCUT2D eigenvalue weighted by Gasteiger charge is 2.24. The van der Waals surface area contributed by atoms with Gasteiger partial charge in [-0.2, -0.15) is 5.10 Å². The Balaban J connectivity index is 1.13. The maximum absolute atomic E-state index is 13.3. The lowest BCUT2D eigenvalue weighted by Crippen LogP contribution is -2.30. The molecule has 1 saturated heterocycles. The van der Waals surface area contributed by atoms with Crippen LogP contribution < -0.4 is 25.8 Å². The second-order valence-electron chi connectivity index (χ2n) is 10.8. The summed E-state index contributed by atoms with van der Waals surface area (Å²) in [5, 5.41) is 12.9. The molecule has 44 heavy (non-hydrogen) atoms. The van der Waals surface area contributed by atoms with Crippen LogP contribution in [0.1, 0.15) is 34.9 Å². The zero-order valence-electron chi connectivity index (χ0n) is 24.2. The summed E-state index contributed by atoms with van der Waals surface area (Å²) < 4.78 is 13.6. The average molecular weight is 589 g/mol. The summed E-state index contributed by atoms with van der Waals surface area (Å²) in [6.45, 7) is 2.31. The van der Waals surface area contributed by atoms with Crippen molar-refractivity contribution in [3.63, 3.8) is 0 Å². The van der Waals surface area contributed by atoms with E-state index in [1.165, 1.54) is 6.33 Å². The van der Waals surface area contributed by atoms with Gasteiger partial charge in [-0.25, -0.2) is 14.6 Å². The van der Waals surface area contributed by atoms with Crippen molar-refractivity contribution in [2.24, 2.45) is 0 Å². The molecule has 11 nitrogen and oxygen atoms in total. The molecule has 6 aromatic rings. The zero-order valence-corrected chi connectivity index (χ0v) is 24.2. The molecule has 3 aromatic carbocycles. The molecule has 11 heteroatoms.